The Labute approximate surface area is 81.8 Å². The molecule has 63 valence electrons. The van der Waals surface area contributed by atoms with Gasteiger partial charge in [0.05, 0.1) is 5.56 Å². The molecule has 0 amide bonds. The van der Waals surface area contributed by atoms with E-state index in [-0.39, 0.29) is 29.8 Å². The van der Waals surface area contributed by atoms with Crippen LogP contribution >= 0.6 is 0 Å². The Bertz CT molecular complexity index is 209. The molecule has 0 saturated carbocycles. The van der Waals surface area contributed by atoms with Crippen LogP contribution in [0.3, 0.4) is 0 Å². The number of carboxylic acids is 1. The predicted octanol–water partition coefficient (Wildman–Crippen LogP) is 1.83. The summed E-state index contributed by atoms with van der Waals surface area (Å²) < 4.78 is 0. The number of carboxylic acid groups (broad SMARTS) is 1. The van der Waals surface area contributed by atoms with Crippen LogP contribution in [0, 0.1) is 7.43 Å². The number of hydrogen-bond acceptors (Lipinski definition) is 1. The SMILES string of the molecule is O=C(O)c1ccccc1.[Ag].[CH3+]. The Morgan fingerprint density at radius 2 is 1.64 bits per heavy atom. The molecule has 1 aromatic rings. The van der Waals surface area contributed by atoms with Crippen LogP contribution in [0.25, 0.3) is 0 Å². The van der Waals surface area contributed by atoms with Crippen molar-refractivity contribution in [2.24, 2.45) is 0 Å². The van der Waals surface area contributed by atoms with Gasteiger partial charge in [0.1, 0.15) is 0 Å². The molecule has 0 bridgehead atoms. The van der Waals surface area contributed by atoms with E-state index in [0.717, 1.165) is 0 Å². The summed E-state index contributed by atoms with van der Waals surface area (Å²) in [5, 5.41) is 8.38. The minimum absolute atomic E-state index is 0. The second kappa shape index (κ2) is 6.04. The molecule has 0 aliphatic carbocycles. The van der Waals surface area contributed by atoms with Crippen molar-refractivity contribution in [3.8, 4) is 0 Å². The summed E-state index contributed by atoms with van der Waals surface area (Å²) in [5.74, 6) is -0.879. The van der Waals surface area contributed by atoms with E-state index in [1.165, 1.54) is 0 Å². The molecule has 0 atom stereocenters. The van der Waals surface area contributed by atoms with Crippen molar-refractivity contribution in [1.82, 2.24) is 0 Å². The Hall–Kier alpha value is -0.700. The van der Waals surface area contributed by atoms with Crippen molar-refractivity contribution < 1.29 is 32.3 Å². The molecule has 0 saturated heterocycles. The first-order valence-electron chi connectivity index (χ1n) is 2.59. The summed E-state index contributed by atoms with van der Waals surface area (Å²) in [5.41, 5.74) is 0.331. The Morgan fingerprint density at radius 3 is 1.91 bits per heavy atom. The van der Waals surface area contributed by atoms with Crippen LogP contribution in [0.2, 0.25) is 0 Å². The van der Waals surface area contributed by atoms with Crippen molar-refractivity contribution in [1.29, 1.82) is 0 Å². The molecule has 0 heterocycles. The van der Waals surface area contributed by atoms with E-state index >= 15 is 0 Å². The van der Waals surface area contributed by atoms with Crippen molar-refractivity contribution in [2.45, 2.75) is 0 Å². The average molecular weight is 245 g/mol. The van der Waals surface area contributed by atoms with Crippen LogP contribution in [-0.4, -0.2) is 11.1 Å². The second-order valence-corrected chi connectivity index (χ2v) is 1.67. The smallest absolute Gasteiger partial charge is 0.335 e. The molecule has 3 heteroatoms. The zero-order valence-corrected chi connectivity index (χ0v) is 7.53. The average Bonchev–Trinajstić information content (AvgIpc) is 1.90. The van der Waals surface area contributed by atoms with Crippen molar-refractivity contribution >= 4 is 5.97 Å². The van der Waals surface area contributed by atoms with Gasteiger partial charge in [0.15, 0.2) is 0 Å². The third-order valence-electron chi connectivity index (χ3n) is 1.02. The van der Waals surface area contributed by atoms with E-state index in [9.17, 15) is 4.79 Å². The molecule has 1 aromatic carbocycles. The molecule has 1 rings (SSSR count). The summed E-state index contributed by atoms with van der Waals surface area (Å²) in [6.45, 7) is 0. The van der Waals surface area contributed by atoms with Crippen molar-refractivity contribution in [3.05, 3.63) is 43.3 Å². The molecular formula is C8H9AgO2+. The molecule has 0 unspecified atom stereocenters. The van der Waals surface area contributed by atoms with E-state index in [2.05, 4.69) is 0 Å². The van der Waals surface area contributed by atoms with Crippen LogP contribution in [0.1, 0.15) is 10.4 Å². The van der Waals surface area contributed by atoms with Gasteiger partial charge in [0.25, 0.3) is 0 Å². The second-order valence-electron chi connectivity index (χ2n) is 1.67. The van der Waals surface area contributed by atoms with E-state index < -0.39 is 5.97 Å². The first-order valence-corrected chi connectivity index (χ1v) is 2.59. The molecule has 0 fully saturated rings. The maximum absolute atomic E-state index is 10.2. The summed E-state index contributed by atoms with van der Waals surface area (Å²) in [7, 11) is 0. The van der Waals surface area contributed by atoms with Gasteiger partial charge in [-0.25, -0.2) is 4.79 Å². The van der Waals surface area contributed by atoms with Gasteiger partial charge >= 0.3 is 5.97 Å². The first-order chi connectivity index (χ1) is 4.30. The number of benzene rings is 1. The summed E-state index contributed by atoms with van der Waals surface area (Å²) in [6, 6.07) is 8.30. The maximum Gasteiger partial charge on any atom is 0.335 e. The summed E-state index contributed by atoms with van der Waals surface area (Å²) >= 11 is 0. The summed E-state index contributed by atoms with van der Waals surface area (Å²) in [4.78, 5) is 10.2. The van der Waals surface area contributed by atoms with Crippen LogP contribution in [-0.2, 0) is 22.4 Å². The fourth-order valence-electron chi connectivity index (χ4n) is 0.581. The van der Waals surface area contributed by atoms with Crippen LogP contribution in [0.5, 0.6) is 0 Å². The van der Waals surface area contributed by atoms with Gasteiger partial charge in [0.2, 0.25) is 0 Å². The Morgan fingerprint density at radius 1 is 1.18 bits per heavy atom. The third-order valence-corrected chi connectivity index (χ3v) is 1.02. The maximum atomic E-state index is 10.2. The van der Waals surface area contributed by atoms with Crippen LogP contribution in [0.15, 0.2) is 30.3 Å². The fraction of sp³-hybridized carbons (Fsp3) is 0. The molecule has 0 spiro atoms. The van der Waals surface area contributed by atoms with Crippen LogP contribution < -0.4 is 0 Å². The number of hydrogen-bond donors (Lipinski definition) is 1. The third kappa shape index (κ3) is 3.88. The zero-order chi connectivity index (χ0) is 6.69. The Balaban J connectivity index is 0. The van der Waals surface area contributed by atoms with Gasteiger partial charge in [-0.1, -0.05) is 18.2 Å². The number of rotatable bonds is 1. The quantitative estimate of drug-likeness (QED) is 0.605. The van der Waals surface area contributed by atoms with Crippen molar-refractivity contribution in [3.63, 3.8) is 0 Å². The molecule has 0 aliphatic rings. The van der Waals surface area contributed by atoms with Gasteiger partial charge in [-0.15, -0.1) is 0 Å². The van der Waals surface area contributed by atoms with E-state index in [1.807, 2.05) is 0 Å². The standard InChI is InChI=1S/C7H6O2.CH3.Ag/c8-7(9)6-4-2-1-3-5-6;;/h1-5H,(H,8,9);1H3;/q;+1;. The predicted molar refractivity (Wildman–Crippen MR) is 39.8 cm³/mol. The molecule has 2 nitrogen and oxygen atoms in total. The topological polar surface area (TPSA) is 37.3 Å². The van der Waals surface area contributed by atoms with Gasteiger partial charge in [-0.2, -0.15) is 0 Å². The van der Waals surface area contributed by atoms with Gasteiger partial charge in [0, 0.05) is 29.8 Å². The molecule has 1 radical (unpaired) electrons. The van der Waals surface area contributed by atoms with Gasteiger partial charge in [-0.05, 0) is 12.1 Å². The van der Waals surface area contributed by atoms with E-state index in [0.29, 0.717) is 5.56 Å². The molecular weight excluding hydrogens is 236 g/mol. The van der Waals surface area contributed by atoms with Gasteiger partial charge < -0.3 is 5.11 Å². The number of aromatic carboxylic acids is 1. The first kappa shape index (κ1) is 12.9. The summed E-state index contributed by atoms with van der Waals surface area (Å²) in [6.07, 6.45) is 0. The van der Waals surface area contributed by atoms with Crippen molar-refractivity contribution in [2.75, 3.05) is 0 Å². The number of carbonyl (C=O) groups is 1. The van der Waals surface area contributed by atoms with Gasteiger partial charge in [-0.3, -0.25) is 0 Å². The normalized spacial score (nSPS) is 7.27. The molecule has 1 N–H and O–H groups in total. The Kier molecular flexibility index (Phi) is 7.10. The molecule has 0 aromatic heterocycles. The van der Waals surface area contributed by atoms with E-state index in [1.54, 1.807) is 30.3 Å². The minimum atomic E-state index is -0.879. The zero-order valence-electron chi connectivity index (χ0n) is 6.04. The monoisotopic (exact) mass is 244 g/mol. The van der Waals surface area contributed by atoms with Crippen LogP contribution in [0.4, 0.5) is 0 Å². The molecule has 11 heavy (non-hydrogen) atoms. The molecule has 0 aliphatic heterocycles. The van der Waals surface area contributed by atoms with E-state index in [4.69, 9.17) is 5.11 Å². The largest absolute Gasteiger partial charge is 0.478 e. The fourth-order valence-corrected chi connectivity index (χ4v) is 0.581. The minimum Gasteiger partial charge on any atom is -0.478 e.